The Morgan fingerprint density at radius 1 is 1.13 bits per heavy atom. The number of cyclic esters (lactones) is 1. The molecule has 160 valence electrons. The van der Waals surface area contributed by atoms with Gasteiger partial charge in [0, 0.05) is 12.7 Å². The van der Waals surface area contributed by atoms with Crippen molar-refractivity contribution in [2.45, 2.75) is 26.8 Å². The van der Waals surface area contributed by atoms with Gasteiger partial charge in [0.05, 0.1) is 17.3 Å². The topological polar surface area (TPSA) is 79.0 Å². The van der Waals surface area contributed by atoms with Crippen LogP contribution in [0.1, 0.15) is 28.3 Å². The number of esters is 1. The molecule has 7 nitrogen and oxygen atoms in total. The smallest absolute Gasteiger partial charge is 0.338 e. The molecule has 31 heavy (non-hydrogen) atoms. The van der Waals surface area contributed by atoms with Crippen LogP contribution in [0.3, 0.4) is 0 Å². The second-order valence-electron chi connectivity index (χ2n) is 8.06. The predicted octanol–water partition coefficient (Wildman–Crippen LogP) is 3.15. The summed E-state index contributed by atoms with van der Waals surface area (Å²) in [7, 11) is 1.67. The summed E-state index contributed by atoms with van der Waals surface area (Å²) in [5.41, 5.74) is 5.45. The maximum absolute atomic E-state index is 13.0. The van der Waals surface area contributed by atoms with Gasteiger partial charge in [0.15, 0.2) is 0 Å². The summed E-state index contributed by atoms with van der Waals surface area (Å²) < 4.78 is 5.27. The number of nitrogens with one attached hydrogen (secondary N) is 1. The number of carbonyl (C=O) groups is 3. The maximum Gasteiger partial charge on any atom is 0.338 e. The average molecular weight is 419 g/mol. The van der Waals surface area contributed by atoms with E-state index in [1.165, 1.54) is 9.80 Å². The second kappa shape index (κ2) is 7.91. The first-order valence-electron chi connectivity index (χ1n) is 10.1. The summed E-state index contributed by atoms with van der Waals surface area (Å²) in [6, 6.07) is 12.5. The number of amides is 3. The molecule has 0 spiro atoms. The maximum atomic E-state index is 13.0. The number of anilines is 1. The summed E-state index contributed by atoms with van der Waals surface area (Å²) in [5, 5.41) is 2.90. The first-order chi connectivity index (χ1) is 14.8. The Morgan fingerprint density at radius 2 is 1.87 bits per heavy atom. The Balaban J connectivity index is 1.65. The Hall–Kier alpha value is -3.61. The molecular formula is C24H25N3O4. The number of urea groups is 1. The first-order valence-corrected chi connectivity index (χ1v) is 10.1. The minimum Gasteiger partial charge on any atom is -0.456 e. The summed E-state index contributed by atoms with van der Waals surface area (Å²) in [5.74, 6) is -0.734. The first kappa shape index (κ1) is 20.7. The van der Waals surface area contributed by atoms with Crippen LogP contribution in [-0.4, -0.2) is 43.0 Å². The molecule has 4 rings (SSSR count). The van der Waals surface area contributed by atoms with Crippen LogP contribution >= 0.6 is 0 Å². The van der Waals surface area contributed by atoms with Gasteiger partial charge in [-0.15, -0.1) is 0 Å². The molecule has 2 heterocycles. The fourth-order valence-corrected chi connectivity index (χ4v) is 4.00. The molecule has 2 aliphatic heterocycles. The normalized spacial score (nSPS) is 17.9. The number of rotatable bonds is 4. The average Bonchev–Trinajstić information content (AvgIpc) is 3.12. The van der Waals surface area contributed by atoms with E-state index in [-0.39, 0.29) is 19.1 Å². The van der Waals surface area contributed by atoms with E-state index < -0.39 is 18.0 Å². The molecule has 3 amide bonds. The Morgan fingerprint density at radius 3 is 2.61 bits per heavy atom. The Bertz CT molecular complexity index is 1120. The van der Waals surface area contributed by atoms with Crippen molar-refractivity contribution in [2.24, 2.45) is 0 Å². The third-order valence-electron chi connectivity index (χ3n) is 5.80. The van der Waals surface area contributed by atoms with Gasteiger partial charge in [-0.1, -0.05) is 35.9 Å². The number of hydrogen-bond acceptors (Lipinski definition) is 4. The molecule has 0 radical (unpaired) electrons. The van der Waals surface area contributed by atoms with Crippen LogP contribution in [-0.2, 0) is 14.3 Å². The molecule has 2 aromatic carbocycles. The van der Waals surface area contributed by atoms with Gasteiger partial charge in [0.25, 0.3) is 0 Å². The quantitative estimate of drug-likeness (QED) is 0.773. The van der Waals surface area contributed by atoms with E-state index in [1.54, 1.807) is 7.05 Å². The zero-order valence-corrected chi connectivity index (χ0v) is 18.1. The van der Waals surface area contributed by atoms with Crippen molar-refractivity contribution in [3.8, 4) is 0 Å². The van der Waals surface area contributed by atoms with Crippen molar-refractivity contribution in [3.63, 3.8) is 0 Å². The molecule has 0 bridgehead atoms. The van der Waals surface area contributed by atoms with Gasteiger partial charge >= 0.3 is 12.0 Å². The van der Waals surface area contributed by atoms with Crippen LogP contribution in [0.25, 0.3) is 0 Å². The summed E-state index contributed by atoms with van der Waals surface area (Å²) in [6.07, 6.45) is 0. The van der Waals surface area contributed by atoms with Crippen molar-refractivity contribution in [1.29, 1.82) is 0 Å². The largest absolute Gasteiger partial charge is 0.456 e. The third kappa shape index (κ3) is 3.79. The van der Waals surface area contributed by atoms with Gasteiger partial charge in [0.1, 0.15) is 13.2 Å². The lowest BCUT2D eigenvalue weighted by molar-refractivity contribution is -0.136. The van der Waals surface area contributed by atoms with Crippen LogP contribution in [0.5, 0.6) is 0 Å². The van der Waals surface area contributed by atoms with Crippen molar-refractivity contribution < 1.29 is 19.1 Å². The Kier molecular flexibility index (Phi) is 5.27. The van der Waals surface area contributed by atoms with Gasteiger partial charge in [-0.3, -0.25) is 9.69 Å². The molecule has 0 fully saturated rings. The van der Waals surface area contributed by atoms with Crippen LogP contribution in [0.15, 0.2) is 53.7 Å². The molecule has 0 saturated heterocycles. The summed E-state index contributed by atoms with van der Waals surface area (Å²) in [6.45, 7) is 5.64. The molecule has 1 N–H and O–H groups in total. The molecular weight excluding hydrogens is 394 g/mol. The van der Waals surface area contributed by atoms with Crippen molar-refractivity contribution >= 4 is 23.6 Å². The minimum atomic E-state index is -0.599. The zero-order chi connectivity index (χ0) is 22.3. The van der Waals surface area contributed by atoms with Gasteiger partial charge in [-0.25, -0.2) is 9.59 Å². The van der Waals surface area contributed by atoms with Gasteiger partial charge in [-0.05, 0) is 49.6 Å². The van der Waals surface area contributed by atoms with E-state index >= 15 is 0 Å². The van der Waals surface area contributed by atoms with E-state index in [1.807, 2.05) is 63.2 Å². The molecule has 1 unspecified atom stereocenters. The van der Waals surface area contributed by atoms with E-state index in [0.717, 1.165) is 27.9 Å². The highest BCUT2D eigenvalue weighted by molar-refractivity contribution is 6.00. The molecule has 0 aliphatic carbocycles. The monoisotopic (exact) mass is 419 g/mol. The standard InChI is InChI=1S/C24H25N3O4/c1-14-6-5-7-17(10-14)26(4)20(28)12-27-19-13-31-23(29)21(19)22(25-24(27)30)18-11-15(2)8-9-16(18)3/h5-11,22H,12-13H2,1-4H3,(H,25,30). The highest BCUT2D eigenvalue weighted by Crippen LogP contribution is 2.36. The van der Waals surface area contributed by atoms with Crippen molar-refractivity contribution in [1.82, 2.24) is 10.2 Å². The fourth-order valence-electron chi connectivity index (χ4n) is 4.00. The molecule has 7 heteroatoms. The van der Waals surface area contributed by atoms with Crippen LogP contribution in [0, 0.1) is 20.8 Å². The molecule has 2 aliphatic rings. The van der Waals surface area contributed by atoms with Crippen molar-refractivity contribution in [3.05, 3.63) is 76.0 Å². The van der Waals surface area contributed by atoms with Crippen LogP contribution in [0.4, 0.5) is 10.5 Å². The SMILES string of the molecule is Cc1cccc(N(C)C(=O)CN2C(=O)NC(c3cc(C)ccc3C)C3=C2COC3=O)c1. The number of benzene rings is 2. The van der Waals surface area contributed by atoms with E-state index in [0.29, 0.717) is 11.3 Å². The van der Waals surface area contributed by atoms with E-state index in [4.69, 9.17) is 4.74 Å². The number of hydrogen-bond donors (Lipinski definition) is 1. The summed E-state index contributed by atoms with van der Waals surface area (Å²) >= 11 is 0. The van der Waals surface area contributed by atoms with Gasteiger partial charge < -0.3 is 15.0 Å². The van der Waals surface area contributed by atoms with Gasteiger partial charge in [0.2, 0.25) is 5.91 Å². The number of aryl methyl sites for hydroxylation is 3. The number of nitrogens with zero attached hydrogens (tertiary/aromatic N) is 2. The lowest BCUT2D eigenvalue weighted by Gasteiger charge is -2.34. The second-order valence-corrected chi connectivity index (χ2v) is 8.06. The lowest BCUT2D eigenvalue weighted by Crippen LogP contribution is -2.50. The van der Waals surface area contributed by atoms with E-state index in [9.17, 15) is 14.4 Å². The van der Waals surface area contributed by atoms with Gasteiger partial charge in [-0.2, -0.15) is 0 Å². The third-order valence-corrected chi connectivity index (χ3v) is 5.80. The lowest BCUT2D eigenvalue weighted by atomic mass is 9.91. The van der Waals surface area contributed by atoms with Crippen LogP contribution < -0.4 is 10.2 Å². The highest BCUT2D eigenvalue weighted by atomic mass is 16.5. The summed E-state index contributed by atoms with van der Waals surface area (Å²) in [4.78, 5) is 41.4. The molecule has 0 aromatic heterocycles. The zero-order valence-electron chi connectivity index (χ0n) is 18.1. The molecule has 2 aromatic rings. The Labute approximate surface area is 181 Å². The van der Waals surface area contributed by atoms with E-state index in [2.05, 4.69) is 5.32 Å². The molecule has 0 saturated carbocycles. The number of likely N-dealkylation sites (N-methyl/N-ethyl adjacent to an activating group) is 1. The highest BCUT2D eigenvalue weighted by Gasteiger charge is 2.43. The predicted molar refractivity (Wildman–Crippen MR) is 116 cm³/mol. The molecule has 1 atom stereocenters. The van der Waals surface area contributed by atoms with Crippen LogP contribution in [0.2, 0.25) is 0 Å². The minimum absolute atomic E-state index is 0.0234. The number of carbonyl (C=O) groups excluding carboxylic acids is 3. The van der Waals surface area contributed by atoms with Crippen molar-refractivity contribution in [2.75, 3.05) is 25.1 Å². The number of ether oxygens (including phenoxy) is 1. The fraction of sp³-hybridized carbons (Fsp3) is 0.292.